The number of hydrogen-bond acceptors (Lipinski definition) is 2. The van der Waals surface area contributed by atoms with Gasteiger partial charge >= 0.3 is 5.97 Å². The van der Waals surface area contributed by atoms with E-state index in [0.29, 0.717) is 13.2 Å². The van der Waals surface area contributed by atoms with Crippen LogP contribution in [0.15, 0.2) is 28.7 Å². The van der Waals surface area contributed by atoms with Gasteiger partial charge in [0.1, 0.15) is 0 Å². The molecule has 1 heterocycles. The highest BCUT2D eigenvalue weighted by atomic mass is 79.9. The summed E-state index contributed by atoms with van der Waals surface area (Å²) in [7, 11) is 0. The molecule has 18 heavy (non-hydrogen) atoms. The maximum atomic E-state index is 11.8. The van der Waals surface area contributed by atoms with Crippen LogP contribution < -0.4 is 0 Å². The van der Waals surface area contributed by atoms with Gasteiger partial charge in [0, 0.05) is 4.47 Å². The lowest BCUT2D eigenvalue weighted by Crippen LogP contribution is -2.65. The number of ether oxygens (including phenoxy) is 1. The normalized spacial score (nSPS) is 23.8. The summed E-state index contributed by atoms with van der Waals surface area (Å²) in [4.78, 5) is 11.8. The van der Waals surface area contributed by atoms with E-state index < -0.39 is 11.4 Å². The highest BCUT2D eigenvalue weighted by Gasteiger charge is 2.64. The van der Waals surface area contributed by atoms with Crippen molar-refractivity contribution >= 4 is 21.9 Å². The van der Waals surface area contributed by atoms with Gasteiger partial charge in [-0.15, -0.1) is 0 Å². The van der Waals surface area contributed by atoms with E-state index in [9.17, 15) is 9.90 Å². The fourth-order valence-electron chi connectivity index (χ4n) is 3.27. The third-order valence-corrected chi connectivity index (χ3v) is 5.31. The summed E-state index contributed by atoms with van der Waals surface area (Å²) < 4.78 is 6.38. The molecule has 1 aliphatic heterocycles. The van der Waals surface area contributed by atoms with Crippen molar-refractivity contribution in [3.05, 3.63) is 34.3 Å². The Kier molecular flexibility index (Phi) is 2.75. The largest absolute Gasteiger partial charge is 0.481 e. The molecule has 1 saturated heterocycles. The van der Waals surface area contributed by atoms with Gasteiger partial charge in [-0.05, 0) is 24.5 Å². The molecule has 96 valence electrons. The maximum absolute atomic E-state index is 11.8. The van der Waals surface area contributed by atoms with Crippen LogP contribution in [0.2, 0.25) is 0 Å². The Morgan fingerprint density at radius 1 is 1.28 bits per heavy atom. The summed E-state index contributed by atoms with van der Waals surface area (Å²) >= 11 is 3.55. The average molecular weight is 311 g/mol. The quantitative estimate of drug-likeness (QED) is 0.933. The Balaban J connectivity index is 2.11. The fraction of sp³-hybridized carbons (Fsp3) is 0.500. The van der Waals surface area contributed by atoms with E-state index in [0.717, 1.165) is 29.3 Å². The Morgan fingerprint density at radius 3 is 2.33 bits per heavy atom. The fourth-order valence-corrected chi connectivity index (χ4v) is 3.94. The molecule has 3 rings (SSSR count). The van der Waals surface area contributed by atoms with Crippen molar-refractivity contribution in [3.8, 4) is 0 Å². The summed E-state index contributed by atoms with van der Waals surface area (Å²) in [5, 5.41) is 9.67. The minimum Gasteiger partial charge on any atom is -0.481 e. The van der Waals surface area contributed by atoms with Gasteiger partial charge in [0.25, 0.3) is 0 Å². The number of halogens is 1. The highest BCUT2D eigenvalue weighted by molar-refractivity contribution is 9.10. The molecular formula is C14H15BrO3. The number of carboxylic acids is 1. The average Bonchev–Trinajstić information content (AvgIpc) is 2.21. The first-order valence-electron chi connectivity index (χ1n) is 6.19. The number of rotatable bonds is 3. The van der Waals surface area contributed by atoms with Crippen LogP contribution in [0, 0.1) is 5.41 Å². The lowest BCUT2D eigenvalue weighted by atomic mass is 9.50. The lowest BCUT2D eigenvalue weighted by Gasteiger charge is -2.57. The minimum atomic E-state index is -0.673. The molecule has 1 aliphatic carbocycles. The number of hydrogen-bond donors (Lipinski definition) is 1. The highest BCUT2D eigenvalue weighted by Crippen LogP contribution is 2.59. The number of benzene rings is 1. The summed E-state index contributed by atoms with van der Waals surface area (Å²) in [6.45, 7) is 1.03. The number of aliphatic carboxylic acids is 1. The molecule has 1 aromatic carbocycles. The zero-order valence-electron chi connectivity index (χ0n) is 9.99. The van der Waals surface area contributed by atoms with E-state index in [1.165, 1.54) is 0 Å². The first-order valence-corrected chi connectivity index (χ1v) is 6.98. The van der Waals surface area contributed by atoms with Gasteiger partial charge in [0.2, 0.25) is 0 Å². The van der Waals surface area contributed by atoms with Gasteiger partial charge in [-0.3, -0.25) is 4.79 Å². The Bertz CT molecular complexity index is 490. The number of carboxylic acid groups (broad SMARTS) is 1. The first-order chi connectivity index (χ1) is 8.62. The third kappa shape index (κ3) is 1.36. The molecular weight excluding hydrogens is 296 g/mol. The Labute approximate surface area is 114 Å². The van der Waals surface area contributed by atoms with Crippen LogP contribution in [-0.2, 0) is 14.9 Å². The molecule has 1 N–H and O–H groups in total. The van der Waals surface area contributed by atoms with Crippen molar-refractivity contribution in [1.82, 2.24) is 0 Å². The summed E-state index contributed by atoms with van der Waals surface area (Å²) in [6.07, 6.45) is 2.51. The van der Waals surface area contributed by atoms with E-state index in [4.69, 9.17) is 4.74 Å². The van der Waals surface area contributed by atoms with Gasteiger partial charge in [0.15, 0.2) is 0 Å². The summed E-state index contributed by atoms with van der Waals surface area (Å²) in [5.74, 6) is -0.673. The molecule has 1 saturated carbocycles. The van der Waals surface area contributed by atoms with Crippen LogP contribution in [0.4, 0.5) is 0 Å². The Hall–Kier alpha value is -0.870. The van der Waals surface area contributed by atoms with E-state index in [1.807, 2.05) is 24.3 Å². The van der Waals surface area contributed by atoms with Gasteiger partial charge < -0.3 is 9.84 Å². The molecule has 0 unspecified atom stereocenters. The molecule has 0 bridgehead atoms. The van der Waals surface area contributed by atoms with Crippen LogP contribution >= 0.6 is 15.9 Å². The van der Waals surface area contributed by atoms with E-state index >= 15 is 0 Å². The van der Waals surface area contributed by atoms with Crippen molar-refractivity contribution < 1.29 is 14.6 Å². The maximum Gasteiger partial charge on any atom is 0.310 e. The molecule has 0 spiro atoms. The smallest absolute Gasteiger partial charge is 0.310 e. The zero-order chi connectivity index (χ0) is 12.8. The predicted molar refractivity (Wildman–Crippen MR) is 70.6 cm³/mol. The monoisotopic (exact) mass is 310 g/mol. The van der Waals surface area contributed by atoms with E-state index in [1.54, 1.807) is 0 Å². The minimum absolute atomic E-state index is 0.350. The van der Waals surface area contributed by atoms with Crippen LogP contribution in [-0.4, -0.2) is 24.3 Å². The Morgan fingerprint density at radius 2 is 1.94 bits per heavy atom. The molecule has 0 aromatic heterocycles. The second-order valence-corrected chi connectivity index (χ2v) is 6.15. The van der Waals surface area contributed by atoms with Crippen molar-refractivity contribution in [2.45, 2.75) is 24.7 Å². The topological polar surface area (TPSA) is 46.5 Å². The zero-order valence-corrected chi connectivity index (χ0v) is 11.6. The second kappa shape index (κ2) is 4.07. The predicted octanol–water partition coefficient (Wildman–Crippen LogP) is 2.97. The van der Waals surface area contributed by atoms with Gasteiger partial charge in [-0.1, -0.05) is 40.5 Å². The molecule has 3 nitrogen and oxygen atoms in total. The lowest BCUT2D eigenvalue weighted by molar-refractivity contribution is -0.192. The molecule has 2 fully saturated rings. The summed E-state index contributed by atoms with van der Waals surface area (Å²) in [5.41, 5.74) is 0.102. The van der Waals surface area contributed by atoms with Crippen molar-refractivity contribution in [2.24, 2.45) is 5.41 Å². The van der Waals surface area contributed by atoms with Crippen molar-refractivity contribution in [3.63, 3.8) is 0 Å². The molecule has 1 aromatic rings. The van der Waals surface area contributed by atoms with Gasteiger partial charge in [-0.2, -0.15) is 0 Å². The van der Waals surface area contributed by atoms with Gasteiger partial charge in [0.05, 0.1) is 24.0 Å². The van der Waals surface area contributed by atoms with Crippen molar-refractivity contribution in [2.75, 3.05) is 13.2 Å². The molecule has 0 amide bonds. The standard InChI is InChI=1S/C14H15BrO3/c15-11-5-2-1-4-10(11)14(8-18-9-14)13(12(16)17)6-3-7-13/h1-2,4-5H,3,6-9H2,(H,16,17). The number of carbonyl (C=O) groups is 1. The molecule has 4 heteroatoms. The molecule has 2 aliphatic rings. The van der Waals surface area contributed by atoms with Crippen LogP contribution in [0.1, 0.15) is 24.8 Å². The second-order valence-electron chi connectivity index (χ2n) is 5.30. The third-order valence-electron chi connectivity index (χ3n) is 4.62. The van der Waals surface area contributed by atoms with E-state index in [2.05, 4.69) is 15.9 Å². The van der Waals surface area contributed by atoms with Crippen molar-refractivity contribution in [1.29, 1.82) is 0 Å². The molecule has 0 radical (unpaired) electrons. The SMILES string of the molecule is O=C(O)C1(C2(c3ccccc3Br)COC2)CCC1. The first kappa shape index (κ1) is 12.2. The van der Waals surface area contributed by atoms with Gasteiger partial charge in [-0.25, -0.2) is 0 Å². The van der Waals surface area contributed by atoms with E-state index in [-0.39, 0.29) is 5.41 Å². The van der Waals surface area contributed by atoms with Crippen LogP contribution in [0.3, 0.4) is 0 Å². The van der Waals surface area contributed by atoms with Crippen LogP contribution in [0.5, 0.6) is 0 Å². The molecule has 0 atom stereocenters. The van der Waals surface area contributed by atoms with Crippen LogP contribution in [0.25, 0.3) is 0 Å². The summed E-state index contributed by atoms with van der Waals surface area (Å²) in [6, 6.07) is 7.92.